The Hall–Kier alpha value is -0.840. The lowest BCUT2D eigenvalue weighted by atomic mass is 10.2. The molecule has 4 heteroatoms. The van der Waals surface area contributed by atoms with Gasteiger partial charge >= 0.3 is 0 Å². The minimum absolute atomic E-state index is 0.0637. The van der Waals surface area contributed by atoms with E-state index in [-0.39, 0.29) is 12.6 Å². The van der Waals surface area contributed by atoms with Gasteiger partial charge in [-0.3, -0.25) is 0 Å². The van der Waals surface area contributed by atoms with Crippen molar-refractivity contribution in [3.8, 4) is 0 Å². The third-order valence-electron chi connectivity index (χ3n) is 2.50. The van der Waals surface area contributed by atoms with E-state index in [4.69, 9.17) is 0 Å². The van der Waals surface area contributed by atoms with Crippen LogP contribution in [-0.4, -0.2) is 11.7 Å². The second-order valence-corrected chi connectivity index (χ2v) is 5.68. The minimum Gasteiger partial charge on any atom is -0.394 e. The van der Waals surface area contributed by atoms with Gasteiger partial charge in [0.15, 0.2) is 0 Å². The van der Waals surface area contributed by atoms with Crippen LogP contribution < -0.4 is 5.32 Å². The van der Waals surface area contributed by atoms with Gasteiger partial charge in [0.05, 0.1) is 12.6 Å². The predicted octanol–water partition coefficient (Wildman–Crippen LogP) is 3.96. The van der Waals surface area contributed by atoms with Crippen molar-refractivity contribution in [2.75, 3.05) is 11.9 Å². The van der Waals surface area contributed by atoms with Crippen LogP contribution in [0.15, 0.2) is 40.2 Å². The summed E-state index contributed by atoms with van der Waals surface area (Å²) in [5.74, 6) is 0. The number of halogens is 1. The summed E-state index contributed by atoms with van der Waals surface area (Å²) in [6, 6.07) is 10.1. The Balaban J connectivity index is 2.19. The molecule has 0 saturated carbocycles. The molecule has 1 aromatic carbocycles. The van der Waals surface area contributed by atoms with Crippen molar-refractivity contribution in [3.63, 3.8) is 0 Å². The summed E-state index contributed by atoms with van der Waals surface area (Å²) in [5, 5.41) is 14.8. The zero-order valence-electron chi connectivity index (χ0n) is 9.48. The molecule has 1 heterocycles. The first kappa shape index (κ1) is 12.6. The summed E-state index contributed by atoms with van der Waals surface area (Å²) in [5.41, 5.74) is 2.24. The van der Waals surface area contributed by atoms with Crippen LogP contribution in [0.4, 0.5) is 5.69 Å². The summed E-state index contributed by atoms with van der Waals surface area (Å²) >= 11 is 5.13. The number of hydrogen-bond acceptors (Lipinski definition) is 3. The van der Waals surface area contributed by atoms with E-state index in [0.717, 1.165) is 15.0 Å². The van der Waals surface area contributed by atoms with E-state index >= 15 is 0 Å². The Morgan fingerprint density at radius 1 is 1.41 bits per heavy atom. The minimum atomic E-state index is -0.0637. The SMILES string of the molecule is Cc1cccc(NC(CO)c2sccc2Br)c1. The molecule has 2 rings (SSSR count). The van der Waals surface area contributed by atoms with Crippen LogP contribution in [0.3, 0.4) is 0 Å². The summed E-state index contributed by atoms with van der Waals surface area (Å²) in [4.78, 5) is 1.12. The molecule has 0 saturated heterocycles. The molecule has 2 nitrogen and oxygen atoms in total. The Bertz CT molecular complexity index is 498. The van der Waals surface area contributed by atoms with E-state index < -0.39 is 0 Å². The number of anilines is 1. The van der Waals surface area contributed by atoms with E-state index in [9.17, 15) is 5.11 Å². The van der Waals surface area contributed by atoms with Gasteiger partial charge in [-0.2, -0.15) is 0 Å². The highest BCUT2D eigenvalue weighted by atomic mass is 79.9. The lowest BCUT2D eigenvalue weighted by Gasteiger charge is -2.17. The van der Waals surface area contributed by atoms with Crippen LogP contribution in [0.5, 0.6) is 0 Å². The van der Waals surface area contributed by atoms with Crippen LogP contribution in [0.1, 0.15) is 16.5 Å². The van der Waals surface area contributed by atoms with E-state index in [1.165, 1.54) is 5.56 Å². The van der Waals surface area contributed by atoms with E-state index in [2.05, 4.69) is 40.3 Å². The third kappa shape index (κ3) is 3.09. The maximum absolute atomic E-state index is 9.48. The largest absolute Gasteiger partial charge is 0.394 e. The molecule has 0 aliphatic heterocycles. The number of rotatable bonds is 4. The van der Waals surface area contributed by atoms with Gasteiger partial charge in [0, 0.05) is 15.0 Å². The monoisotopic (exact) mass is 311 g/mol. The van der Waals surface area contributed by atoms with Gasteiger partial charge in [0.1, 0.15) is 0 Å². The van der Waals surface area contributed by atoms with E-state index in [1.807, 2.05) is 23.6 Å². The average Bonchev–Trinajstić information content (AvgIpc) is 2.72. The Morgan fingerprint density at radius 2 is 2.24 bits per heavy atom. The number of nitrogens with one attached hydrogen (secondary N) is 1. The molecule has 1 aromatic heterocycles. The van der Waals surface area contributed by atoms with E-state index in [1.54, 1.807) is 11.3 Å². The van der Waals surface area contributed by atoms with Crippen molar-refractivity contribution >= 4 is 33.0 Å². The zero-order valence-corrected chi connectivity index (χ0v) is 11.9. The number of aryl methyl sites for hydroxylation is 1. The molecule has 0 aliphatic carbocycles. The molecule has 0 amide bonds. The maximum atomic E-state index is 9.48. The lowest BCUT2D eigenvalue weighted by Crippen LogP contribution is -2.13. The standard InChI is InChI=1S/C13H14BrNOS/c1-9-3-2-4-10(7-9)15-12(8-16)13-11(14)5-6-17-13/h2-7,12,15-16H,8H2,1H3. The third-order valence-corrected chi connectivity index (χ3v) is 4.49. The van der Waals surface area contributed by atoms with Crippen LogP contribution in [0, 0.1) is 6.92 Å². The number of aliphatic hydroxyl groups excluding tert-OH is 1. The fourth-order valence-corrected chi connectivity index (χ4v) is 3.38. The molecule has 0 spiro atoms. The lowest BCUT2D eigenvalue weighted by molar-refractivity contribution is 0.277. The van der Waals surface area contributed by atoms with Gasteiger partial charge in [-0.25, -0.2) is 0 Å². The van der Waals surface area contributed by atoms with Crippen molar-refractivity contribution in [2.45, 2.75) is 13.0 Å². The predicted molar refractivity (Wildman–Crippen MR) is 76.6 cm³/mol. The first-order chi connectivity index (χ1) is 8.20. The van der Waals surface area contributed by atoms with Crippen molar-refractivity contribution < 1.29 is 5.11 Å². The molecule has 2 N–H and O–H groups in total. The van der Waals surface area contributed by atoms with Gasteiger partial charge in [0.2, 0.25) is 0 Å². The summed E-state index contributed by atoms with van der Waals surface area (Å²) in [7, 11) is 0. The fourth-order valence-electron chi connectivity index (χ4n) is 1.68. The number of benzene rings is 1. The van der Waals surface area contributed by atoms with Crippen LogP contribution in [0.25, 0.3) is 0 Å². The molecule has 90 valence electrons. The van der Waals surface area contributed by atoms with Crippen molar-refractivity contribution in [1.82, 2.24) is 0 Å². The fraction of sp³-hybridized carbons (Fsp3) is 0.231. The Kier molecular flexibility index (Phi) is 4.20. The Labute approximate surface area is 113 Å². The molecule has 0 radical (unpaired) electrons. The molecule has 17 heavy (non-hydrogen) atoms. The van der Waals surface area contributed by atoms with Crippen molar-refractivity contribution in [3.05, 3.63) is 50.6 Å². The van der Waals surface area contributed by atoms with Gasteiger partial charge in [-0.1, -0.05) is 12.1 Å². The van der Waals surface area contributed by atoms with Crippen molar-refractivity contribution in [1.29, 1.82) is 0 Å². The van der Waals surface area contributed by atoms with Crippen molar-refractivity contribution in [2.24, 2.45) is 0 Å². The highest BCUT2D eigenvalue weighted by Gasteiger charge is 2.14. The number of aliphatic hydroxyl groups is 1. The van der Waals surface area contributed by atoms with Crippen LogP contribution in [0.2, 0.25) is 0 Å². The number of thiophene rings is 1. The molecule has 2 aromatic rings. The molecule has 0 bridgehead atoms. The Morgan fingerprint density at radius 3 is 2.82 bits per heavy atom. The molecule has 1 unspecified atom stereocenters. The smallest absolute Gasteiger partial charge is 0.0849 e. The summed E-state index contributed by atoms with van der Waals surface area (Å²) in [6.45, 7) is 2.13. The molecule has 1 atom stereocenters. The molecular formula is C13H14BrNOS. The highest BCUT2D eigenvalue weighted by Crippen LogP contribution is 2.31. The average molecular weight is 312 g/mol. The first-order valence-corrected chi connectivity index (χ1v) is 7.05. The van der Waals surface area contributed by atoms with Gasteiger partial charge in [0.25, 0.3) is 0 Å². The summed E-state index contributed by atoms with van der Waals surface area (Å²) < 4.78 is 1.04. The summed E-state index contributed by atoms with van der Waals surface area (Å²) in [6.07, 6.45) is 0. The van der Waals surface area contributed by atoms with Gasteiger partial charge in [-0.05, 0) is 52.0 Å². The molecule has 0 fully saturated rings. The van der Waals surface area contributed by atoms with Gasteiger partial charge in [-0.15, -0.1) is 11.3 Å². The van der Waals surface area contributed by atoms with Crippen LogP contribution >= 0.6 is 27.3 Å². The van der Waals surface area contributed by atoms with Gasteiger partial charge < -0.3 is 10.4 Å². The first-order valence-electron chi connectivity index (χ1n) is 5.37. The molecular weight excluding hydrogens is 298 g/mol. The quantitative estimate of drug-likeness (QED) is 0.895. The molecule has 0 aliphatic rings. The zero-order chi connectivity index (χ0) is 12.3. The van der Waals surface area contributed by atoms with E-state index in [0.29, 0.717) is 0 Å². The second-order valence-electron chi connectivity index (χ2n) is 3.88. The normalized spacial score (nSPS) is 12.4. The topological polar surface area (TPSA) is 32.3 Å². The van der Waals surface area contributed by atoms with Crippen LogP contribution in [-0.2, 0) is 0 Å². The number of hydrogen-bond donors (Lipinski definition) is 2. The highest BCUT2D eigenvalue weighted by molar-refractivity contribution is 9.10. The maximum Gasteiger partial charge on any atom is 0.0849 e. The second kappa shape index (κ2) is 5.67.